The number of hydrogen-bond acceptors (Lipinski definition) is 4. The van der Waals surface area contributed by atoms with E-state index < -0.39 is 0 Å². The molecule has 1 fully saturated rings. The first-order valence-corrected chi connectivity index (χ1v) is 7.72. The number of Topliss-reactive ketones (excluding diaryl/α,β-unsaturated/α-hetero) is 1. The number of halogens is 1. The third kappa shape index (κ3) is 3.52. The van der Waals surface area contributed by atoms with E-state index in [1.165, 1.54) is 12.8 Å². The lowest BCUT2D eigenvalue weighted by Gasteiger charge is -2.17. The Bertz CT molecular complexity index is 484. The second kappa shape index (κ2) is 7.09. The molecule has 0 saturated heterocycles. The van der Waals surface area contributed by atoms with E-state index in [0.29, 0.717) is 30.0 Å². The molecule has 1 aliphatic rings. The molecule has 0 unspecified atom stereocenters. The average Bonchev–Trinajstić information content (AvgIpc) is 2.91. The van der Waals surface area contributed by atoms with Gasteiger partial charge in [-0.25, -0.2) is 0 Å². The minimum Gasteiger partial charge on any atom is -0.492 e. The minimum atomic E-state index is 0.0205. The molecule has 1 aliphatic carbocycles. The number of ether oxygens (including phenoxy) is 2. The van der Waals surface area contributed by atoms with E-state index in [4.69, 9.17) is 15.2 Å². The fourth-order valence-corrected chi connectivity index (χ4v) is 3.08. The predicted octanol–water partition coefficient (Wildman–Crippen LogP) is 3.31. The molecule has 0 radical (unpaired) electrons. The second-order valence-electron chi connectivity index (χ2n) is 4.98. The van der Waals surface area contributed by atoms with E-state index >= 15 is 0 Å². The smallest absolute Gasteiger partial charge is 0.174 e. The number of nitrogens with two attached hydrogens (primary N) is 1. The first kappa shape index (κ1) is 15.3. The van der Waals surface area contributed by atoms with Crippen molar-refractivity contribution in [1.82, 2.24) is 0 Å². The summed E-state index contributed by atoms with van der Waals surface area (Å²) in [6, 6.07) is 3.53. The van der Waals surface area contributed by atoms with Gasteiger partial charge in [-0.15, -0.1) is 0 Å². The van der Waals surface area contributed by atoms with Gasteiger partial charge in [0.2, 0.25) is 0 Å². The molecule has 0 amide bonds. The number of benzene rings is 1. The Hall–Kier alpha value is -1.07. The summed E-state index contributed by atoms with van der Waals surface area (Å²) in [5.41, 5.74) is 6.05. The van der Waals surface area contributed by atoms with Crippen molar-refractivity contribution in [2.45, 2.75) is 38.2 Å². The molecular formula is C15H20BrNO3. The van der Waals surface area contributed by atoms with Gasteiger partial charge in [0.25, 0.3) is 0 Å². The van der Waals surface area contributed by atoms with Gasteiger partial charge in [0.15, 0.2) is 17.3 Å². The Morgan fingerprint density at radius 3 is 2.70 bits per heavy atom. The highest BCUT2D eigenvalue weighted by Gasteiger charge is 2.21. The lowest BCUT2D eigenvalue weighted by Crippen LogP contribution is -2.13. The van der Waals surface area contributed by atoms with Crippen molar-refractivity contribution in [2.75, 3.05) is 13.7 Å². The van der Waals surface area contributed by atoms with Crippen LogP contribution in [-0.4, -0.2) is 25.5 Å². The summed E-state index contributed by atoms with van der Waals surface area (Å²) in [4.78, 5) is 12.0. The van der Waals surface area contributed by atoms with Gasteiger partial charge < -0.3 is 15.2 Å². The zero-order chi connectivity index (χ0) is 14.5. The molecule has 0 aromatic heterocycles. The first-order chi connectivity index (χ1) is 9.65. The fraction of sp³-hybridized carbons (Fsp3) is 0.533. The summed E-state index contributed by atoms with van der Waals surface area (Å²) in [6.45, 7) is 0.349. The van der Waals surface area contributed by atoms with Crippen LogP contribution in [0.1, 0.15) is 42.5 Å². The van der Waals surface area contributed by atoms with Crippen molar-refractivity contribution in [3.05, 3.63) is 22.2 Å². The second-order valence-corrected chi connectivity index (χ2v) is 5.83. The summed E-state index contributed by atoms with van der Waals surface area (Å²) in [7, 11) is 1.60. The third-order valence-corrected chi connectivity index (χ3v) is 4.09. The van der Waals surface area contributed by atoms with Crippen LogP contribution in [0.3, 0.4) is 0 Å². The van der Waals surface area contributed by atoms with Crippen LogP contribution >= 0.6 is 15.9 Å². The van der Waals surface area contributed by atoms with E-state index in [9.17, 15) is 4.79 Å². The van der Waals surface area contributed by atoms with Crippen LogP contribution in [0.25, 0.3) is 0 Å². The predicted molar refractivity (Wildman–Crippen MR) is 81.6 cm³/mol. The molecular weight excluding hydrogens is 322 g/mol. The zero-order valence-electron chi connectivity index (χ0n) is 11.7. The normalized spacial score (nSPS) is 15.3. The van der Waals surface area contributed by atoms with Crippen molar-refractivity contribution in [3.63, 3.8) is 0 Å². The quantitative estimate of drug-likeness (QED) is 0.806. The van der Waals surface area contributed by atoms with Crippen LogP contribution in [0, 0.1) is 0 Å². The molecule has 110 valence electrons. The number of carbonyl (C=O) groups excluding carboxylic acids is 1. The van der Waals surface area contributed by atoms with Gasteiger partial charge in [-0.3, -0.25) is 4.79 Å². The van der Waals surface area contributed by atoms with Gasteiger partial charge in [0.1, 0.15) is 0 Å². The molecule has 5 heteroatoms. The van der Waals surface area contributed by atoms with E-state index in [2.05, 4.69) is 15.9 Å². The number of hydrogen-bond donors (Lipinski definition) is 1. The summed E-state index contributed by atoms with van der Waals surface area (Å²) < 4.78 is 12.1. The number of ketones is 1. The SMILES string of the molecule is COc1c(Br)cc(C(=O)CCN)cc1OC1CCCC1. The highest BCUT2D eigenvalue weighted by atomic mass is 79.9. The molecule has 2 rings (SSSR count). The lowest BCUT2D eigenvalue weighted by atomic mass is 10.1. The maximum atomic E-state index is 12.0. The maximum absolute atomic E-state index is 12.0. The summed E-state index contributed by atoms with van der Waals surface area (Å²) >= 11 is 3.44. The van der Waals surface area contributed by atoms with Crippen LogP contribution in [-0.2, 0) is 0 Å². The topological polar surface area (TPSA) is 61.5 Å². The van der Waals surface area contributed by atoms with Gasteiger partial charge in [0, 0.05) is 12.0 Å². The molecule has 0 atom stereocenters. The molecule has 2 N–H and O–H groups in total. The molecule has 4 nitrogen and oxygen atoms in total. The van der Waals surface area contributed by atoms with E-state index in [-0.39, 0.29) is 11.9 Å². The Balaban J connectivity index is 2.28. The van der Waals surface area contributed by atoms with E-state index in [0.717, 1.165) is 17.3 Å². The average molecular weight is 342 g/mol. The molecule has 0 aliphatic heterocycles. The fourth-order valence-electron chi connectivity index (χ4n) is 2.48. The Kier molecular flexibility index (Phi) is 5.43. The monoisotopic (exact) mass is 341 g/mol. The summed E-state index contributed by atoms with van der Waals surface area (Å²) in [6.07, 6.45) is 5.06. The Morgan fingerprint density at radius 2 is 2.10 bits per heavy atom. The number of methoxy groups -OCH3 is 1. The van der Waals surface area contributed by atoms with Crippen molar-refractivity contribution >= 4 is 21.7 Å². The maximum Gasteiger partial charge on any atom is 0.174 e. The zero-order valence-corrected chi connectivity index (χ0v) is 13.2. The van der Waals surface area contributed by atoms with Crippen molar-refractivity contribution < 1.29 is 14.3 Å². The standard InChI is InChI=1S/C15H20BrNO3/c1-19-15-12(16)8-10(13(18)6-7-17)9-14(15)20-11-4-2-3-5-11/h8-9,11H,2-7,17H2,1H3. The first-order valence-electron chi connectivity index (χ1n) is 6.93. The Labute approximate surface area is 127 Å². The number of rotatable bonds is 6. The summed E-state index contributed by atoms with van der Waals surface area (Å²) in [5.74, 6) is 1.29. The van der Waals surface area contributed by atoms with Crippen molar-refractivity contribution in [3.8, 4) is 11.5 Å². The van der Waals surface area contributed by atoms with Crippen LogP contribution < -0.4 is 15.2 Å². The van der Waals surface area contributed by atoms with Crippen LogP contribution in [0.4, 0.5) is 0 Å². The van der Waals surface area contributed by atoms with Crippen molar-refractivity contribution in [2.24, 2.45) is 5.73 Å². The molecule has 0 spiro atoms. The van der Waals surface area contributed by atoms with Crippen LogP contribution in [0.5, 0.6) is 11.5 Å². The van der Waals surface area contributed by atoms with E-state index in [1.807, 2.05) is 0 Å². The number of carbonyl (C=O) groups is 1. The van der Waals surface area contributed by atoms with Gasteiger partial charge in [-0.2, -0.15) is 0 Å². The van der Waals surface area contributed by atoms with Gasteiger partial charge >= 0.3 is 0 Å². The molecule has 1 aromatic rings. The van der Waals surface area contributed by atoms with Crippen molar-refractivity contribution in [1.29, 1.82) is 0 Å². The van der Waals surface area contributed by atoms with E-state index in [1.54, 1.807) is 19.2 Å². The Morgan fingerprint density at radius 1 is 1.40 bits per heavy atom. The van der Waals surface area contributed by atoms with Gasteiger partial charge in [-0.1, -0.05) is 0 Å². The molecule has 1 aromatic carbocycles. The van der Waals surface area contributed by atoms with Crippen LogP contribution in [0.15, 0.2) is 16.6 Å². The highest BCUT2D eigenvalue weighted by Crippen LogP contribution is 2.38. The molecule has 1 saturated carbocycles. The lowest BCUT2D eigenvalue weighted by molar-refractivity contribution is 0.0984. The highest BCUT2D eigenvalue weighted by molar-refractivity contribution is 9.10. The summed E-state index contributed by atoms with van der Waals surface area (Å²) in [5, 5.41) is 0. The largest absolute Gasteiger partial charge is 0.492 e. The molecule has 20 heavy (non-hydrogen) atoms. The van der Waals surface area contributed by atoms with Crippen LogP contribution in [0.2, 0.25) is 0 Å². The minimum absolute atomic E-state index is 0.0205. The van der Waals surface area contributed by atoms with Gasteiger partial charge in [-0.05, 0) is 60.3 Å². The third-order valence-electron chi connectivity index (χ3n) is 3.50. The molecule has 0 bridgehead atoms. The molecule has 0 heterocycles. The van der Waals surface area contributed by atoms with Gasteiger partial charge in [0.05, 0.1) is 17.7 Å².